The molecule has 2 atom stereocenters. The number of hydrogen-bond acceptors (Lipinski definition) is 4. The van der Waals surface area contributed by atoms with Crippen molar-refractivity contribution in [3.63, 3.8) is 0 Å². The zero-order valence-electron chi connectivity index (χ0n) is 12.2. The highest BCUT2D eigenvalue weighted by atomic mass is 19.4. The van der Waals surface area contributed by atoms with E-state index in [0.29, 0.717) is 0 Å². The molecule has 0 heterocycles. The van der Waals surface area contributed by atoms with Crippen LogP contribution < -0.4 is 5.32 Å². The summed E-state index contributed by atoms with van der Waals surface area (Å²) in [5, 5.41) is 2.14. The largest absolute Gasteiger partial charge is 0.466 e. The fraction of sp³-hybridized carbons (Fsp3) is 0.692. The van der Waals surface area contributed by atoms with Gasteiger partial charge < -0.3 is 14.8 Å². The summed E-state index contributed by atoms with van der Waals surface area (Å²) in [5.41, 5.74) is -0.938. The first-order chi connectivity index (χ1) is 9.44. The number of halogens is 3. The summed E-state index contributed by atoms with van der Waals surface area (Å²) in [7, 11) is 1.08. The van der Waals surface area contributed by atoms with Gasteiger partial charge in [-0.05, 0) is 27.2 Å². The van der Waals surface area contributed by atoms with Gasteiger partial charge in [0.25, 0.3) is 0 Å². The predicted molar refractivity (Wildman–Crippen MR) is 67.4 cm³/mol. The second-order valence-corrected chi connectivity index (χ2v) is 5.71. The van der Waals surface area contributed by atoms with Gasteiger partial charge in [-0.25, -0.2) is 9.59 Å². The first kappa shape index (κ1) is 17.3. The van der Waals surface area contributed by atoms with Gasteiger partial charge in [0.05, 0.1) is 19.1 Å². The van der Waals surface area contributed by atoms with E-state index in [1.54, 1.807) is 20.8 Å². The van der Waals surface area contributed by atoms with Crippen molar-refractivity contribution >= 4 is 12.1 Å². The molecule has 0 aromatic rings. The monoisotopic (exact) mass is 309 g/mol. The third-order valence-electron chi connectivity index (χ3n) is 2.81. The SMILES string of the molecule is COC(=O)C1=C[C@H](NC(=O)OC(C)(C)C)[C@H](C(F)(F)F)C1. The Hall–Kier alpha value is -1.73. The lowest BCUT2D eigenvalue weighted by molar-refractivity contribution is -0.176. The molecule has 0 saturated heterocycles. The van der Waals surface area contributed by atoms with Gasteiger partial charge in [-0.15, -0.1) is 0 Å². The second-order valence-electron chi connectivity index (χ2n) is 5.71. The van der Waals surface area contributed by atoms with E-state index in [1.165, 1.54) is 0 Å². The molecule has 0 spiro atoms. The lowest BCUT2D eigenvalue weighted by atomic mass is 10.0. The van der Waals surface area contributed by atoms with Gasteiger partial charge in [0.1, 0.15) is 5.60 Å². The van der Waals surface area contributed by atoms with Crippen LogP contribution in [0.1, 0.15) is 27.2 Å². The molecule has 1 amide bonds. The number of rotatable bonds is 2. The van der Waals surface area contributed by atoms with Gasteiger partial charge in [-0.3, -0.25) is 0 Å². The fourth-order valence-electron chi connectivity index (χ4n) is 1.95. The first-order valence-corrected chi connectivity index (χ1v) is 6.29. The number of carbonyl (C=O) groups excluding carboxylic acids is 2. The number of esters is 1. The highest BCUT2D eigenvalue weighted by molar-refractivity contribution is 5.89. The first-order valence-electron chi connectivity index (χ1n) is 6.29. The summed E-state index contributed by atoms with van der Waals surface area (Å²) in [6.07, 6.45) is -4.99. The van der Waals surface area contributed by atoms with Crippen LogP contribution in [0.5, 0.6) is 0 Å². The van der Waals surface area contributed by atoms with Crippen molar-refractivity contribution < 1.29 is 32.2 Å². The lowest BCUT2D eigenvalue weighted by Crippen LogP contribution is -2.44. The van der Waals surface area contributed by atoms with E-state index in [9.17, 15) is 22.8 Å². The minimum atomic E-state index is -4.55. The maximum absolute atomic E-state index is 13.0. The van der Waals surface area contributed by atoms with Gasteiger partial charge in [0.2, 0.25) is 0 Å². The standard InChI is InChI=1S/C13H18F3NO4/c1-12(2,3)21-11(19)17-9-6-7(10(18)20-4)5-8(9)13(14,15)16/h6,8-9H,5H2,1-4H3,(H,17,19)/t8-,9+/m1/s1. The average molecular weight is 309 g/mol. The molecule has 120 valence electrons. The summed E-state index contributed by atoms with van der Waals surface area (Å²) in [5.74, 6) is -2.71. The minimum Gasteiger partial charge on any atom is -0.466 e. The maximum Gasteiger partial charge on any atom is 0.408 e. The number of methoxy groups -OCH3 is 1. The van der Waals surface area contributed by atoms with E-state index < -0.39 is 42.2 Å². The molecule has 0 bridgehead atoms. The number of hydrogen-bond donors (Lipinski definition) is 1. The molecule has 1 rings (SSSR count). The minimum absolute atomic E-state index is 0.110. The van der Waals surface area contributed by atoms with E-state index >= 15 is 0 Å². The molecule has 0 radical (unpaired) electrons. The molecule has 21 heavy (non-hydrogen) atoms. The van der Waals surface area contributed by atoms with Crippen LogP contribution in [0.4, 0.5) is 18.0 Å². The van der Waals surface area contributed by atoms with Gasteiger partial charge in [0, 0.05) is 5.57 Å². The third kappa shape index (κ3) is 4.95. The van der Waals surface area contributed by atoms with Crippen molar-refractivity contribution in [3.05, 3.63) is 11.6 Å². The molecular formula is C13H18F3NO4. The summed E-state index contributed by atoms with van der Waals surface area (Å²) >= 11 is 0. The third-order valence-corrected chi connectivity index (χ3v) is 2.81. The molecule has 0 aromatic heterocycles. The number of amides is 1. The lowest BCUT2D eigenvalue weighted by Gasteiger charge is -2.25. The van der Waals surface area contributed by atoms with Gasteiger partial charge >= 0.3 is 18.2 Å². The Balaban J connectivity index is 2.86. The number of alkyl halides is 3. The van der Waals surface area contributed by atoms with Crippen LogP contribution in [0.15, 0.2) is 11.6 Å². The number of ether oxygens (including phenoxy) is 2. The van der Waals surface area contributed by atoms with Crippen LogP contribution in [-0.2, 0) is 14.3 Å². The smallest absolute Gasteiger partial charge is 0.408 e. The molecule has 0 aliphatic heterocycles. The van der Waals surface area contributed by atoms with Crippen molar-refractivity contribution in [1.29, 1.82) is 0 Å². The zero-order valence-corrected chi connectivity index (χ0v) is 12.2. The van der Waals surface area contributed by atoms with Crippen molar-refractivity contribution in [3.8, 4) is 0 Å². The molecule has 1 aliphatic rings. The molecule has 0 saturated carbocycles. The second kappa shape index (κ2) is 5.95. The number of nitrogens with one attached hydrogen (secondary N) is 1. The van der Waals surface area contributed by atoms with Crippen molar-refractivity contribution in [2.75, 3.05) is 7.11 Å². The Kier molecular flexibility index (Phi) is 4.91. The molecule has 1 N–H and O–H groups in total. The predicted octanol–water partition coefficient (Wildman–Crippen LogP) is 2.56. The quantitative estimate of drug-likeness (QED) is 0.796. The molecule has 0 unspecified atom stereocenters. The molecule has 8 heteroatoms. The Morgan fingerprint density at radius 2 is 1.86 bits per heavy atom. The van der Waals surface area contributed by atoms with E-state index in [2.05, 4.69) is 10.1 Å². The molecule has 0 aromatic carbocycles. The zero-order chi connectivity index (χ0) is 16.4. The number of alkyl carbamates (subject to hydrolysis) is 1. The van der Waals surface area contributed by atoms with Crippen LogP contribution in [0, 0.1) is 5.92 Å². The molecule has 5 nitrogen and oxygen atoms in total. The molecular weight excluding hydrogens is 291 g/mol. The van der Waals surface area contributed by atoms with E-state index in [4.69, 9.17) is 4.74 Å². The van der Waals surface area contributed by atoms with Gasteiger partial charge in [-0.2, -0.15) is 13.2 Å². The van der Waals surface area contributed by atoms with Crippen LogP contribution in [-0.4, -0.2) is 37.0 Å². The van der Waals surface area contributed by atoms with Gasteiger partial charge in [-0.1, -0.05) is 6.08 Å². The Morgan fingerprint density at radius 3 is 2.29 bits per heavy atom. The average Bonchev–Trinajstić information content (AvgIpc) is 2.68. The van der Waals surface area contributed by atoms with E-state index in [1.807, 2.05) is 0 Å². The molecule has 1 aliphatic carbocycles. The topological polar surface area (TPSA) is 64.6 Å². The highest BCUT2D eigenvalue weighted by Gasteiger charge is 2.49. The Morgan fingerprint density at radius 1 is 1.29 bits per heavy atom. The van der Waals surface area contributed by atoms with Crippen LogP contribution in [0.2, 0.25) is 0 Å². The van der Waals surface area contributed by atoms with Crippen molar-refractivity contribution in [2.24, 2.45) is 5.92 Å². The molecule has 0 fully saturated rings. The maximum atomic E-state index is 13.0. The normalized spacial score (nSPS) is 22.5. The fourth-order valence-corrected chi connectivity index (χ4v) is 1.95. The summed E-state index contributed by atoms with van der Waals surface area (Å²) < 4.78 is 48.2. The highest BCUT2D eigenvalue weighted by Crippen LogP contribution is 2.39. The van der Waals surface area contributed by atoms with Crippen LogP contribution in [0.25, 0.3) is 0 Å². The number of carbonyl (C=O) groups is 2. The summed E-state index contributed by atoms with van der Waals surface area (Å²) in [6.45, 7) is 4.79. The van der Waals surface area contributed by atoms with Crippen LogP contribution in [0.3, 0.4) is 0 Å². The Bertz CT molecular complexity index is 451. The van der Waals surface area contributed by atoms with Crippen molar-refractivity contribution in [2.45, 2.75) is 45.0 Å². The van der Waals surface area contributed by atoms with Crippen molar-refractivity contribution in [1.82, 2.24) is 5.32 Å². The van der Waals surface area contributed by atoms with Gasteiger partial charge in [0.15, 0.2) is 0 Å². The van der Waals surface area contributed by atoms with Crippen LogP contribution >= 0.6 is 0 Å². The summed E-state index contributed by atoms with van der Waals surface area (Å²) in [4.78, 5) is 22.9. The Labute approximate surface area is 120 Å². The van der Waals surface area contributed by atoms with E-state index in [-0.39, 0.29) is 5.57 Å². The summed E-state index contributed by atoms with van der Waals surface area (Å²) in [6, 6.07) is -1.35. The van der Waals surface area contributed by atoms with E-state index in [0.717, 1.165) is 13.2 Å².